The summed E-state index contributed by atoms with van der Waals surface area (Å²) in [5, 5.41) is 12.3. The van der Waals surface area contributed by atoms with E-state index in [1.165, 1.54) is 12.5 Å². The van der Waals surface area contributed by atoms with Gasteiger partial charge in [-0.1, -0.05) is 48.0 Å². The Balaban J connectivity index is 1.38. The molecule has 3 aromatic carbocycles. The van der Waals surface area contributed by atoms with Crippen molar-refractivity contribution < 1.29 is 13.9 Å². The van der Waals surface area contributed by atoms with Crippen LogP contribution in [0.4, 0.5) is 0 Å². The van der Waals surface area contributed by atoms with Crippen LogP contribution < -0.4 is 4.74 Å². The average molecular weight is 448 g/mol. The first-order valence-electron chi connectivity index (χ1n) is 10.6. The highest BCUT2D eigenvalue weighted by atomic mass is 16.5. The highest BCUT2D eigenvalue weighted by molar-refractivity contribution is 5.90. The van der Waals surface area contributed by atoms with Gasteiger partial charge < -0.3 is 9.15 Å². The maximum atomic E-state index is 12.5. The van der Waals surface area contributed by atoms with Gasteiger partial charge in [0, 0.05) is 29.0 Å². The molecule has 0 fully saturated rings. The molecule has 0 bridgehead atoms. The van der Waals surface area contributed by atoms with Crippen LogP contribution in [0.2, 0.25) is 0 Å². The standard InChI is InChI=1S/C27H20N4O3/c1-19-7-9-20(10-8-19)26-22(17-31(30-26)23-5-3-2-4-6-23)13-16-25(32)34-24-14-11-21(12-15-24)27-29-28-18-33-27/h2-18H,1H3/b16-13+. The molecule has 0 aliphatic heterocycles. The lowest BCUT2D eigenvalue weighted by molar-refractivity contribution is -0.128. The van der Waals surface area contributed by atoms with E-state index in [2.05, 4.69) is 10.2 Å². The van der Waals surface area contributed by atoms with Crippen LogP contribution >= 0.6 is 0 Å². The lowest BCUT2D eigenvalue weighted by atomic mass is 10.1. The molecule has 0 saturated carbocycles. The first kappa shape index (κ1) is 21.1. The first-order valence-corrected chi connectivity index (χ1v) is 10.6. The normalized spacial score (nSPS) is 11.1. The van der Waals surface area contributed by atoms with E-state index in [0.717, 1.165) is 33.6 Å². The van der Waals surface area contributed by atoms with E-state index in [-0.39, 0.29) is 0 Å². The van der Waals surface area contributed by atoms with Crippen molar-refractivity contribution in [2.45, 2.75) is 6.92 Å². The van der Waals surface area contributed by atoms with Crippen LogP contribution in [0.15, 0.2) is 102 Å². The number of nitrogens with zero attached hydrogens (tertiary/aromatic N) is 4. The second kappa shape index (κ2) is 9.38. The van der Waals surface area contributed by atoms with Gasteiger partial charge in [0.05, 0.1) is 11.4 Å². The summed E-state index contributed by atoms with van der Waals surface area (Å²) in [6.07, 6.45) is 6.28. The quantitative estimate of drug-likeness (QED) is 0.193. The van der Waals surface area contributed by atoms with Crippen molar-refractivity contribution in [3.05, 3.63) is 109 Å². The van der Waals surface area contributed by atoms with Crippen molar-refractivity contribution in [1.82, 2.24) is 20.0 Å². The number of esters is 1. The van der Waals surface area contributed by atoms with Crippen LogP contribution in [0.25, 0.3) is 34.5 Å². The third-order valence-corrected chi connectivity index (χ3v) is 5.17. The number of hydrogen-bond acceptors (Lipinski definition) is 6. The van der Waals surface area contributed by atoms with Crippen molar-refractivity contribution in [1.29, 1.82) is 0 Å². The summed E-state index contributed by atoms with van der Waals surface area (Å²) in [7, 11) is 0. The van der Waals surface area contributed by atoms with Gasteiger partial charge in [-0.05, 0) is 49.4 Å². The fourth-order valence-electron chi connectivity index (χ4n) is 3.43. The molecule has 166 valence electrons. The predicted octanol–water partition coefficient (Wildman–Crippen LogP) is 5.52. The van der Waals surface area contributed by atoms with Crippen LogP contribution in [-0.4, -0.2) is 25.9 Å². The largest absolute Gasteiger partial charge is 0.423 e. The average Bonchev–Trinajstić information content (AvgIpc) is 3.55. The third kappa shape index (κ3) is 4.68. The van der Waals surface area contributed by atoms with E-state index in [1.807, 2.05) is 67.7 Å². The van der Waals surface area contributed by atoms with Gasteiger partial charge in [-0.15, -0.1) is 10.2 Å². The minimum atomic E-state index is -0.493. The van der Waals surface area contributed by atoms with Gasteiger partial charge in [-0.2, -0.15) is 5.10 Å². The van der Waals surface area contributed by atoms with Crippen molar-refractivity contribution in [3.63, 3.8) is 0 Å². The molecule has 34 heavy (non-hydrogen) atoms. The van der Waals surface area contributed by atoms with Gasteiger partial charge >= 0.3 is 5.97 Å². The van der Waals surface area contributed by atoms with E-state index < -0.39 is 5.97 Å². The summed E-state index contributed by atoms with van der Waals surface area (Å²) in [4.78, 5) is 12.5. The minimum absolute atomic E-state index is 0.400. The molecule has 0 unspecified atom stereocenters. The third-order valence-electron chi connectivity index (χ3n) is 5.17. The van der Waals surface area contributed by atoms with E-state index in [0.29, 0.717) is 11.6 Å². The summed E-state index contributed by atoms with van der Waals surface area (Å²) in [5.41, 5.74) is 5.37. The molecular weight excluding hydrogens is 428 g/mol. The Labute approximate surface area is 196 Å². The van der Waals surface area contributed by atoms with Crippen molar-refractivity contribution in [2.75, 3.05) is 0 Å². The molecule has 5 aromatic rings. The molecule has 5 rings (SSSR count). The van der Waals surface area contributed by atoms with Crippen molar-refractivity contribution >= 4 is 12.0 Å². The summed E-state index contributed by atoms with van der Waals surface area (Å²) in [6, 6.07) is 24.8. The van der Waals surface area contributed by atoms with Gasteiger partial charge in [0.1, 0.15) is 5.75 Å². The first-order chi connectivity index (χ1) is 16.7. The summed E-state index contributed by atoms with van der Waals surface area (Å²) in [6.45, 7) is 2.04. The topological polar surface area (TPSA) is 83.0 Å². The number of carbonyl (C=O) groups excluding carboxylic acids is 1. The molecule has 0 N–H and O–H groups in total. The van der Waals surface area contributed by atoms with Crippen LogP contribution in [0.1, 0.15) is 11.1 Å². The SMILES string of the molecule is Cc1ccc(-c2nn(-c3ccccc3)cc2/C=C/C(=O)Oc2ccc(-c3nnco3)cc2)cc1. The van der Waals surface area contributed by atoms with E-state index in [4.69, 9.17) is 14.3 Å². The summed E-state index contributed by atoms with van der Waals surface area (Å²) < 4.78 is 12.4. The van der Waals surface area contributed by atoms with Gasteiger partial charge in [0.2, 0.25) is 12.3 Å². The van der Waals surface area contributed by atoms with Crippen LogP contribution in [0.5, 0.6) is 5.75 Å². The van der Waals surface area contributed by atoms with Gasteiger partial charge in [0.15, 0.2) is 0 Å². The molecule has 0 aliphatic rings. The minimum Gasteiger partial charge on any atom is -0.423 e. The number of aryl methyl sites for hydroxylation is 1. The fraction of sp³-hybridized carbons (Fsp3) is 0.0370. The van der Waals surface area contributed by atoms with Gasteiger partial charge in [-0.25, -0.2) is 9.48 Å². The lowest BCUT2D eigenvalue weighted by Gasteiger charge is -2.02. The lowest BCUT2D eigenvalue weighted by Crippen LogP contribution is -2.03. The monoisotopic (exact) mass is 448 g/mol. The number of hydrogen-bond donors (Lipinski definition) is 0. The summed E-state index contributed by atoms with van der Waals surface area (Å²) >= 11 is 0. The number of carbonyl (C=O) groups is 1. The predicted molar refractivity (Wildman–Crippen MR) is 128 cm³/mol. The molecule has 0 saturated heterocycles. The van der Waals surface area contributed by atoms with E-state index >= 15 is 0 Å². The summed E-state index contributed by atoms with van der Waals surface area (Å²) in [5.74, 6) is 0.321. The molecule has 0 atom stereocenters. The Morgan fingerprint density at radius 2 is 1.68 bits per heavy atom. The Hall–Kier alpha value is -4.78. The zero-order valence-corrected chi connectivity index (χ0v) is 18.3. The molecule has 7 heteroatoms. The van der Waals surface area contributed by atoms with E-state index in [9.17, 15) is 4.79 Å². The zero-order valence-electron chi connectivity index (χ0n) is 18.3. The molecule has 2 aromatic heterocycles. The highest BCUT2D eigenvalue weighted by Crippen LogP contribution is 2.26. The number of para-hydroxylation sites is 1. The van der Waals surface area contributed by atoms with E-state index in [1.54, 1.807) is 35.0 Å². The Bertz CT molecular complexity index is 1420. The molecule has 7 nitrogen and oxygen atoms in total. The highest BCUT2D eigenvalue weighted by Gasteiger charge is 2.12. The zero-order chi connectivity index (χ0) is 23.3. The molecular formula is C27H20N4O3. The molecule has 0 aliphatic carbocycles. The Morgan fingerprint density at radius 3 is 2.38 bits per heavy atom. The maximum absolute atomic E-state index is 12.5. The molecule has 0 spiro atoms. The van der Waals surface area contributed by atoms with Crippen LogP contribution in [-0.2, 0) is 4.79 Å². The van der Waals surface area contributed by atoms with Crippen molar-refractivity contribution in [2.24, 2.45) is 0 Å². The number of ether oxygens (including phenoxy) is 1. The second-order valence-corrected chi connectivity index (χ2v) is 7.60. The van der Waals surface area contributed by atoms with Gasteiger partial charge in [0.25, 0.3) is 0 Å². The number of aromatic nitrogens is 4. The van der Waals surface area contributed by atoms with Gasteiger partial charge in [-0.3, -0.25) is 0 Å². The number of rotatable bonds is 6. The fourth-order valence-corrected chi connectivity index (χ4v) is 3.43. The molecule has 2 heterocycles. The Morgan fingerprint density at radius 1 is 0.941 bits per heavy atom. The number of benzene rings is 3. The smallest absolute Gasteiger partial charge is 0.336 e. The Kier molecular flexibility index (Phi) is 5.82. The second-order valence-electron chi connectivity index (χ2n) is 7.60. The maximum Gasteiger partial charge on any atom is 0.336 e. The van der Waals surface area contributed by atoms with Crippen molar-refractivity contribution in [3.8, 4) is 34.1 Å². The van der Waals surface area contributed by atoms with Crippen LogP contribution in [0.3, 0.4) is 0 Å². The molecule has 0 radical (unpaired) electrons. The van der Waals surface area contributed by atoms with Crippen LogP contribution in [0, 0.1) is 6.92 Å². The molecule has 0 amide bonds.